The van der Waals surface area contributed by atoms with Crippen molar-refractivity contribution in [1.29, 1.82) is 0 Å². The van der Waals surface area contributed by atoms with Gasteiger partial charge >= 0.3 is 0 Å². The van der Waals surface area contributed by atoms with Crippen LogP contribution in [0.25, 0.3) is 0 Å². The summed E-state index contributed by atoms with van der Waals surface area (Å²) in [5.74, 6) is -0.0118. The van der Waals surface area contributed by atoms with Crippen LogP contribution in [0.4, 0.5) is 0 Å². The molecular formula is C10H14N2O3. The van der Waals surface area contributed by atoms with E-state index in [1.54, 1.807) is 19.4 Å². The number of ether oxygens (including phenoxy) is 2. The van der Waals surface area contributed by atoms with E-state index in [0.717, 1.165) is 5.69 Å². The molecule has 0 aliphatic heterocycles. The molecule has 0 atom stereocenters. The van der Waals surface area contributed by atoms with Gasteiger partial charge in [-0.1, -0.05) is 0 Å². The van der Waals surface area contributed by atoms with E-state index in [2.05, 4.69) is 9.97 Å². The van der Waals surface area contributed by atoms with Crippen molar-refractivity contribution in [3.05, 3.63) is 23.8 Å². The summed E-state index contributed by atoms with van der Waals surface area (Å²) >= 11 is 0. The molecule has 0 N–H and O–H groups in total. The SMILES string of the molecule is COCCOCC(=O)c1nccc(C)n1. The summed E-state index contributed by atoms with van der Waals surface area (Å²) in [6.07, 6.45) is 1.56. The molecule has 5 nitrogen and oxygen atoms in total. The summed E-state index contributed by atoms with van der Waals surface area (Å²) in [6, 6.07) is 1.74. The molecule has 0 spiro atoms. The van der Waals surface area contributed by atoms with E-state index in [4.69, 9.17) is 9.47 Å². The normalized spacial score (nSPS) is 10.3. The summed E-state index contributed by atoms with van der Waals surface area (Å²) in [7, 11) is 1.58. The van der Waals surface area contributed by atoms with E-state index in [1.165, 1.54) is 0 Å². The number of aromatic nitrogens is 2. The standard InChI is InChI=1S/C10H14N2O3/c1-8-3-4-11-10(12-8)9(13)7-15-6-5-14-2/h3-4H,5-7H2,1-2H3. The molecule has 5 heteroatoms. The number of Topliss-reactive ketones (excluding diaryl/α,β-unsaturated/α-hetero) is 1. The van der Waals surface area contributed by atoms with Crippen molar-refractivity contribution in [2.75, 3.05) is 26.9 Å². The Hall–Kier alpha value is -1.33. The maximum atomic E-state index is 11.5. The van der Waals surface area contributed by atoms with E-state index < -0.39 is 0 Å². The first-order chi connectivity index (χ1) is 7.24. The Labute approximate surface area is 88.4 Å². The molecule has 82 valence electrons. The van der Waals surface area contributed by atoms with Crippen LogP contribution in [-0.2, 0) is 9.47 Å². The van der Waals surface area contributed by atoms with Crippen molar-refractivity contribution in [3.8, 4) is 0 Å². The van der Waals surface area contributed by atoms with E-state index >= 15 is 0 Å². The van der Waals surface area contributed by atoms with Gasteiger partial charge in [0.2, 0.25) is 5.78 Å². The van der Waals surface area contributed by atoms with Gasteiger partial charge in [0.05, 0.1) is 13.2 Å². The second-order valence-corrected chi connectivity index (χ2v) is 2.99. The molecule has 0 aliphatic rings. The van der Waals surface area contributed by atoms with E-state index in [0.29, 0.717) is 13.2 Å². The number of nitrogens with zero attached hydrogens (tertiary/aromatic N) is 2. The minimum atomic E-state index is -0.213. The number of methoxy groups -OCH3 is 1. The third kappa shape index (κ3) is 4.14. The van der Waals surface area contributed by atoms with Gasteiger partial charge in [0.15, 0.2) is 5.82 Å². The molecule has 0 aliphatic carbocycles. The fourth-order valence-electron chi connectivity index (χ4n) is 0.955. The average molecular weight is 210 g/mol. The van der Waals surface area contributed by atoms with Gasteiger partial charge in [-0.2, -0.15) is 0 Å². The van der Waals surface area contributed by atoms with Crippen LogP contribution in [0.1, 0.15) is 16.3 Å². The van der Waals surface area contributed by atoms with Crippen LogP contribution in [-0.4, -0.2) is 42.7 Å². The first-order valence-electron chi connectivity index (χ1n) is 4.63. The van der Waals surface area contributed by atoms with Crippen LogP contribution < -0.4 is 0 Å². The van der Waals surface area contributed by atoms with Crippen LogP contribution in [0.3, 0.4) is 0 Å². The lowest BCUT2D eigenvalue weighted by Gasteiger charge is -2.02. The number of hydrogen-bond acceptors (Lipinski definition) is 5. The van der Waals surface area contributed by atoms with E-state index in [-0.39, 0.29) is 18.2 Å². The fourth-order valence-corrected chi connectivity index (χ4v) is 0.955. The third-order valence-electron chi connectivity index (χ3n) is 1.71. The Morgan fingerprint density at radius 1 is 1.47 bits per heavy atom. The van der Waals surface area contributed by atoms with Crippen molar-refractivity contribution < 1.29 is 14.3 Å². The zero-order chi connectivity index (χ0) is 11.1. The molecule has 0 unspecified atom stereocenters. The lowest BCUT2D eigenvalue weighted by molar-refractivity contribution is 0.0569. The molecule has 0 radical (unpaired) electrons. The first kappa shape index (κ1) is 11.7. The van der Waals surface area contributed by atoms with Gasteiger partial charge in [-0.15, -0.1) is 0 Å². The van der Waals surface area contributed by atoms with Crippen molar-refractivity contribution in [1.82, 2.24) is 9.97 Å². The molecule has 1 heterocycles. The third-order valence-corrected chi connectivity index (χ3v) is 1.71. The summed E-state index contributed by atoms with van der Waals surface area (Å²) in [4.78, 5) is 19.3. The Morgan fingerprint density at radius 2 is 2.27 bits per heavy atom. The second-order valence-electron chi connectivity index (χ2n) is 2.99. The fraction of sp³-hybridized carbons (Fsp3) is 0.500. The Balaban J connectivity index is 2.40. The molecule has 15 heavy (non-hydrogen) atoms. The van der Waals surface area contributed by atoms with E-state index in [9.17, 15) is 4.79 Å². The Morgan fingerprint density at radius 3 is 2.93 bits per heavy atom. The highest BCUT2D eigenvalue weighted by Crippen LogP contribution is 1.95. The van der Waals surface area contributed by atoms with Crippen LogP contribution in [0.15, 0.2) is 12.3 Å². The van der Waals surface area contributed by atoms with Gasteiger partial charge in [-0.05, 0) is 13.0 Å². The zero-order valence-electron chi connectivity index (χ0n) is 8.90. The van der Waals surface area contributed by atoms with Crippen molar-refractivity contribution in [2.45, 2.75) is 6.92 Å². The maximum Gasteiger partial charge on any atom is 0.225 e. The van der Waals surface area contributed by atoms with Crippen molar-refractivity contribution >= 4 is 5.78 Å². The molecule has 0 aromatic carbocycles. The van der Waals surface area contributed by atoms with Crippen LogP contribution >= 0.6 is 0 Å². The Bertz CT molecular complexity index is 328. The van der Waals surface area contributed by atoms with Gasteiger partial charge < -0.3 is 9.47 Å². The molecule has 0 saturated carbocycles. The van der Waals surface area contributed by atoms with Gasteiger partial charge in [-0.3, -0.25) is 4.79 Å². The molecule has 1 rings (SSSR count). The molecule has 0 saturated heterocycles. The maximum absolute atomic E-state index is 11.5. The number of rotatable bonds is 6. The number of carbonyl (C=O) groups excluding carboxylic acids is 1. The van der Waals surface area contributed by atoms with Gasteiger partial charge in [-0.25, -0.2) is 9.97 Å². The molecule has 1 aromatic heterocycles. The van der Waals surface area contributed by atoms with Crippen LogP contribution in [0.5, 0.6) is 0 Å². The largest absolute Gasteiger partial charge is 0.382 e. The predicted octanol–water partition coefficient (Wildman–Crippen LogP) is 0.631. The molecular weight excluding hydrogens is 196 g/mol. The number of ketones is 1. The average Bonchev–Trinajstić information content (AvgIpc) is 2.24. The van der Waals surface area contributed by atoms with Gasteiger partial charge in [0.25, 0.3) is 0 Å². The zero-order valence-corrected chi connectivity index (χ0v) is 8.90. The highest BCUT2D eigenvalue weighted by molar-refractivity contribution is 5.93. The molecule has 0 fully saturated rings. The summed E-state index contributed by atoms with van der Waals surface area (Å²) in [6.45, 7) is 2.67. The first-order valence-corrected chi connectivity index (χ1v) is 4.63. The van der Waals surface area contributed by atoms with Crippen molar-refractivity contribution in [3.63, 3.8) is 0 Å². The molecule has 0 amide bonds. The smallest absolute Gasteiger partial charge is 0.225 e. The number of carbonyl (C=O) groups is 1. The van der Waals surface area contributed by atoms with Crippen LogP contribution in [0.2, 0.25) is 0 Å². The highest BCUT2D eigenvalue weighted by Gasteiger charge is 2.08. The lowest BCUT2D eigenvalue weighted by atomic mass is 10.3. The topological polar surface area (TPSA) is 61.3 Å². The molecule has 0 bridgehead atoms. The lowest BCUT2D eigenvalue weighted by Crippen LogP contribution is -2.15. The predicted molar refractivity (Wildman–Crippen MR) is 53.8 cm³/mol. The minimum Gasteiger partial charge on any atom is -0.382 e. The van der Waals surface area contributed by atoms with Crippen LogP contribution in [0, 0.1) is 6.92 Å². The Kier molecular flexibility index (Phi) is 4.86. The quantitative estimate of drug-likeness (QED) is 0.509. The molecule has 1 aromatic rings. The number of hydrogen-bond donors (Lipinski definition) is 0. The summed E-state index contributed by atoms with van der Waals surface area (Å²) in [5.41, 5.74) is 0.769. The summed E-state index contributed by atoms with van der Waals surface area (Å²) < 4.78 is 9.86. The minimum absolute atomic E-state index is 0.00713. The highest BCUT2D eigenvalue weighted by atomic mass is 16.5. The van der Waals surface area contributed by atoms with Gasteiger partial charge in [0, 0.05) is 19.0 Å². The second kappa shape index (κ2) is 6.21. The summed E-state index contributed by atoms with van der Waals surface area (Å²) in [5, 5.41) is 0. The van der Waals surface area contributed by atoms with Crippen molar-refractivity contribution in [2.24, 2.45) is 0 Å². The van der Waals surface area contributed by atoms with Gasteiger partial charge in [0.1, 0.15) is 6.61 Å². The van der Waals surface area contributed by atoms with E-state index in [1.807, 2.05) is 6.92 Å². The monoisotopic (exact) mass is 210 g/mol. The number of aryl methyl sites for hydroxylation is 1.